The van der Waals surface area contributed by atoms with E-state index in [1.165, 1.54) is 18.4 Å². The molecule has 1 heterocycles. The minimum atomic E-state index is -3.63. The molecule has 94 valence electrons. The van der Waals surface area contributed by atoms with Crippen molar-refractivity contribution in [2.75, 3.05) is 0 Å². The Hall–Kier alpha value is -2.08. The van der Waals surface area contributed by atoms with Crippen molar-refractivity contribution in [1.29, 1.82) is 0 Å². The van der Waals surface area contributed by atoms with Crippen LogP contribution < -0.4 is 4.83 Å². The van der Waals surface area contributed by atoms with E-state index in [-0.39, 0.29) is 4.90 Å². The monoisotopic (exact) mass is 264 g/mol. The first-order valence-electron chi connectivity index (χ1n) is 5.24. The van der Waals surface area contributed by atoms with Gasteiger partial charge in [0.15, 0.2) is 0 Å². The first kappa shape index (κ1) is 12.4. The lowest BCUT2D eigenvalue weighted by Crippen LogP contribution is -2.19. The largest absolute Gasteiger partial charge is 0.463 e. The van der Waals surface area contributed by atoms with E-state index in [4.69, 9.17) is 4.42 Å². The summed E-state index contributed by atoms with van der Waals surface area (Å²) in [5.74, 6) is 0.519. The minimum absolute atomic E-state index is 0.168. The molecule has 2 rings (SSSR count). The molecule has 0 aliphatic carbocycles. The summed E-state index contributed by atoms with van der Waals surface area (Å²) in [7, 11) is -3.63. The third-order valence-corrected chi connectivity index (χ3v) is 3.49. The molecule has 18 heavy (non-hydrogen) atoms. The Kier molecular flexibility index (Phi) is 3.47. The third kappa shape index (κ3) is 2.78. The van der Waals surface area contributed by atoms with E-state index in [9.17, 15) is 8.42 Å². The van der Waals surface area contributed by atoms with Crippen LogP contribution in [0.4, 0.5) is 0 Å². The summed E-state index contributed by atoms with van der Waals surface area (Å²) in [4.78, 5) is 2.33. The summed E-state index contributed by atoms with van der Waals surface area (Å²) < 4.78 is 28.8. The molecule has 0 fully saturated rings. The number of hydrogen-bond acceptors (Lipinski definition) is 4. The zero-order valence-corrected chi connectivity index (χ0v) is 10.5. The number of nitrogens with zero attached hydrogens (tertiary/aromatic N) is 1. The Morgan fingerprint density at radius 2 is 1.89 bits per heavy atom. The van der Waals surface area contributed by atoms with E-state index < -0.39 is 10.0 Å². The second kappa shape index (κ2) is 5.05. The highest BCUT2D eigenvalue weighted by atomic mass is 32.2. The smallest absolute Gasteiger partial charge is 0.276 e. The molecule has 0 aliphatic heterocycles. The third-order valence-electron chi connectivity index (χ3n) is 2.26. The molecular weight excluding hydrogens is 252 g/mol. The molecule has 5 nitrogen and oxygen atoms in total. The van der Waals surface area contributed by atoms with E-state index in [2.05, 4.69) is 9.93 Å². The summed E-state index contributed by atoms with van der Waals surface area (Å²) in [6.45, 7) is 1.66. The van der Waals surface area contributed by atoms with Gasteiger partial charge in [-0.25, -0.2) is 0 Å². The van der Waals surface area contributed by atoms with Gasteiger partial charge in [0.2, 0.25) is 0 Å². The van der Waals surface area contributed by atoms with Crippen LogP contribution in [0.3, 0.4) is 0 Å². The van der Waals surface area contributed by atoms with Crippen molar-refractivity contribution in [3.63, 3.8) is 0 Å². The predicted octanol–water partition coefficient (Wildman–Crippen LogP) is 1.98. The van der Waals surface area contributed by atoms with Crippen LogP contribution >= 0.6 is 0 Å². The first-order valence-corrected chi connectivity index (χ1v) is 6.73. The molecule has 0 bridgehead atoms. The standard InChI is InChI=1S/C12H12N2O3S/c1-10(12-8-5-9-17-12)13-14-18(15,16)11-6-3-2-4-7-11/h2-9,14H,1H3/b13-10-. The van der Waals surface area contributed by atoms with Crippen molar-refractivity contribution in [3.05, 3.63) is 54.5 Å². The summed E-state index contributed by atoms with van der Waals surface area (Å²) in [6, 6.07) is 11.5. The van der Waals surface area contributed by atoms with Crippen LogP contribution in [0, 0.1) is 0 Å². The highest BCUT2D eigenvalue weighted by Crippen LogP contribution is 2.07. The lowest BCUT2D eigenvalue weighted by atomic mass is 10.3. The molecule has 0 spiro atoms. The fourth-order valence-corrected chi connectivity index (χ4v) is 2.20. The molecule has 0 atom stereocenters. The molecule has 2 aromatic rings. The number of nitrogens with one attached hydrogen (secondary N) is 1. The highest BCUT2D eigenvalue weighted by Gasteiger charge is 2.12. The van der Waals surface area contributed by atoms with Gasteiger partial charge in [0.1, 0.15) is 11.5 Å². The normalized spacial score (nSPS) is 12.4. The Morgan fingerprint density at radius 1 is 1.17 bits per heavy atom. The average molecular weight is 264 g/mol. The number of sulfonamides is 1. The Balaban J connectivity index is 2.18. The van der Waals surface area contributed by atoms with E-state index in [1.807, 2.05) is 0 Å². The SMILES string of the molecule is C/C(=N/NS(=O)(=O)c1ccccc1)c1ccco1. The van der Waals surface area contributed by atoms with Crippen molar-refractivity contribution in [2.45, 2.75) is 11.8 Å². The zero-order valence-electron chi connectivity index (χ0n) is 9.70. The maximum Gasteiger partial charge on any atom is 0.276 e. The summed E-state index contributed by atoms with van der Waals surface area (Å²) in [5, 5.41) is 3.80. The second-order valence-electron chi connectivity index (χ2n) is 3.58. The Morgan fingerprint density at radius 3 is 2.50 bits per heavy atom. The van der Waals surface area contributed by atoms with Crippen LogP contribution in [0.2, 0.25) is 0 Å². The number of hydrazone groups is 1. The van der Waals surface area contributed by atoms with Crippen molar-refractivity contribution in [1.82, 2.24) is 4.83 Å². The molecule has 1 N–H and O–H groups in total. The molecule has 0 saturated heterocycles. The molecule has 1 aromatic heterocycles. The molecule has 0 radical (unpaired) electrons. The van der Waals surface area contributed by atoms with Crippen LogP contribution in [0.5, 0.6) is 0 Å². The predicted molar refractivity (Wildman–Crippen MR) is 67.7 cm³/mol. The molecule has 6 heteroatoms. The fourth-order valence-electron chi connectivity index (χ4n) is 1.32. The Labute approximate surface area is 105 Å². The van der Waals surface area contributed by atoms with E-state index >= 15 is 0 Å². The average Bonchev–Trinajstić information content (AvgIpc) is 2.91. The van der Waals surface area contributed by atoms with Gasteiger partial charge in [-0.2, -0.15) is 18.4 Å². The lowest BCUT2D eigenvalue weighted by molar-refractivity contribution is 0.556. The lowest BCUT2D eigenvalue weighted by Gasteiger charge is -2.03. The van der Waals surface area contributed by atoms with Crippen molar-refractivity contribution in [3.8, 4) is 0 Å². The van der Waals surface area contributed by atoms with Crippen LogP contribution in [0.1, 0.15) is 12.7 Å². The van der Waals surface area contributed by atoms with Crippen LogP contribution in [0.25, 0.3) is 0 Å². The van der Waals surface area contributed by atoms with Crippen LogP contribution in [-0.4, -0.2) is 14.1 Å². The quantitative estimate of drug-likeness (QED) is 0.678. The highest BCUT2D eigenvalue weighted by molar-refractivity contribution is 7.89. The van der Waals surface area contributed by atoms with Crippen LogP contribution in [0.15, 0.2) is 63.1 Å². The number of benzene rings is 1. The Bertz CT molecular complexity index is 631. The van der Waals surface area contributed by atoms with Gasteiger partial charge in [0.05, 0.1) is 11.2 Å². The molecule has 0 saturated carbocycles. The summed E-state index contributed by atoms with van der Waals surface area (Å²) in [6.07, 6.45) is 1.50. The van der Waals surface area contributed by atoms with Gasteiger partial charge in [0.25, 0.3) is 10.0 Å². The van der Waals surface area contributed by atoms with Gasteiger partial charge in [-0.3, -0.25) is 0 Å². The van der Waals surface area contributed by atoms with E-state index in [0.717, 1.165) is 0 Å². The number of hydrogen-bond donors (Lipinski definition) is 1. The van der Waals surface area contributed by atoms with Gasteiger partial charge < -0.3 is 4.42 Å². The van der Waals surface area contributed by atoms with E-state index in [0.29, 0.717) is 11.5 Å². The molecule has 0 aliphatic rings. The molecular formula is C12H12N2O3S. The summed E-state index contributed by atoms with van der Waals surface area (Å²) >= 11 is 0. The van der Waals surface area contributed by atoms with Gasteiger partial charge in [-0.05, 0) is 31.2 Å². The maximum atomic E-state index is 11.9. The first-order chi connectivity index (χ1) is 8.59. The van der Waals surface area contributed by atoms with Gasteiger partial charge >= 0.3 is 0 Å². The number of rotatable bonds is 4. The fraction of sp³-hybridized carbons (Fsp3) is 0.0833. The molecule has 1 aromatic carbocycles. The molecule has 0 amide bonds. The van der Waals surface area contributed by atoms with Gasteiger partial charge in [-0.15, -0.1) is 0 Å². The second-order valence-corrected chi connectivity index (χ2v) is 5.24. The minimum Gasteiger partial charge on any atom is -0.463 e. The van der Waals surface area contributed by atoms with Gasteiger partial charge in [0, 0.05) is 0 Å². The van der Waals surface area contributed by atoms with E-state index in [1.54, 1.807) is 37.3 Å². The van der Waals surface area contributed by atoms with Crippen LogP contribution in [-0.2, 0) is 10.0 Å². The maximum absolute atomic E-state index is 11.9. The van der Waals surface area contributed by atoms with Crippen molar-refractivity contribution < 1.29 is 12.8 Å². The van der Waals surface area contributed by atoms with Crippen molar-refractivity contribution >= 4 is 15.7 Å². The topological polar surface area (TPSA) is 71.7 Å². The van der Waals surface area contributed by atoms with Crippen molar-refractivity contribution in [2.24, 2.45) is 5.10 Å². The zero-order chi connectivity index (χ0) is 13.0. The van der Waals surface area contributed by atoms with Gasteiger partial charge in [-0.1, -0.05) is 18.2 Å². The number of furan rings is 1. The summed E-state index contributed by atoms with van der Waals surface area (Å²) in [5.41, 5.74) is 0.458. The molecule has 0 unspecified atom stereocenters.